The van der Waals surface area contributed by atoms with Gasteiger partial charge >= 0.3 is 5.97 Å². The van der Waals surface area contributed by atoms with Crippen molar-refractivity contribution in [3.8, 4) is 5.75 Å². The third kappa shape index (κ3) is 6.45. The van der Waals surface area contributed by atoms with Gasteiger partial charge in [-0.3, -0.25) is 4.55 Å². The van der Waals surface area contributed by atoms with Crippen molar-refractivity contribution in [3.63, 3.8) is 0 Å². The van der Waals surface area contributed by atoms with Gasteiger partial charge in [-0.2, -0.15) is 12.9 Å². The normalized spacial score (nSPS) is 20.7. The topological polar surface area (TPSA) is 99.5 Å². The fourth-order valence-electron chi connectivity index (χ4n) is 5.52. The van der Waals surface area contributed by atoms with Crippen molar-refractivity contribution in [2.75, 3.05) is 24.8 Å². The summed E-state index contributed by atoms with van der Waals surface area (Å²) < 4.78 is 55.5. The van der Waals surface area contributed by atoms with Gasteiger partial charge in [0.2, 0.25) is 15.6 Å². The maximum Gasteiger partial charge on any atom is 0.368 e. The minimum absolute atomic E-state index is 0.0434. The molecule has 0 amide bonds. The van der Waals surface area contributed by atoms with Gasteiger partial charge in [0.25, 0.3) is 0 Å². The van der Waals surface area contributed by atoms with E-state index in [2.05, 4.69) is 6.92 Å². The smallest absolute Gasteiger partial charge is 0.368 e. The Morgan fingerprint density at radius 3 is 2.40 bits per heavy atom. The number of methoxy groups -OCH3 is 1. The molecule has 4 rings (SSSR count). The molecule has 3 aromatic carbocycles. The maximum absolute atomic E-state index is 15.7. The van der Waals surface area contributed by atoms with E-state index < -0.39 is 27.1 Å². The lowest BCUT2D eigenvalue weighted by atomic mass is 9.88. The highest BCUT2D eigenvalue weighted by molar-refractivity contribution is 8.09. The first kappa shape index (κ1) is 32.5. The molecule has 0 aliphatic carbocycles. The molecule has 1 atom stereocenters. The van der Waals surface area contributed by atoms with Crippen LogP contribution in [0.25, 0.3) is 0 Å². The van der Waals surface area contributed by atoms with Gasteiger partial charge in [-0.1, -0.05) is 57.0 Å². The van der Waals surface area contributed by atoms with Gasteiger partial charge in [-0.05, 0) is 67.1 Å². The molecule has 232 valence electrons. The molecule has 0 aromatic heterocycles. The predicted molar refractivity (Wildman–Crippen MR) is 170 cm³/mol. The number of aliphatic carboxylic acids is 1. The Hall–Kier alpha value is -3.38. The van der Waals surface area contributed by atoms with Crippen LogP contribution in [0.5, 0.6) is 5.75 Å². The monoisotopic (exact) mass is 630 g/mol. The summed E-state index contributed by atoms with van der Waals surface area (Å²) in [6, 6.07) is 21.8. The van der Waals surface area contributed by atoms with Crippen molar-refractivity contribution < 1.29 is 32.0 Å². The second kappa shape index (κ2) is 13.1. The van der Waals surface area contributed by atoms with Crippen LogP contribution in [0.15, 0.2) is 94.7 Å². The van der Waals surface area contributed by atoms with Crippen LogP contribution >= 0.6 is 11.8 Å². The second-order valence-corrected chi connectivity index (χ2v) is 14.0. The molecule has 0 fully saturated rings. The zero-order chi connectivity index (χ0) is 31.3. The molecule has 11 heteroatoms. The first-order chi connectivity index (χ1) is 20.5. The van der Waals surface area contributed by atoms with Gasteiger partial charge in [0.05, 0.1) is 18.3 Å². The van der Waals surface area contributed by atoms with Gasteiger partial charge in [0.1, 0.15) is 16.9 Å². The van der Waals surface area contributed by atoms with E-state index >= 15 is 4.21 Å². The Labute approximate surface area is 257 Å². The number of hydrogen-bond acceptors (Lipinski definition) is 6. The van der Waals surface area contributed by atoms with Gasteiger partial charge in [-0.15, -0.1) is 11.8 Å². The fraction of sp³-hybridized carbons (Fsp3) is 0.344. The molecule has 0 saturated carbocycles. The average molecular weight is 631 g/mol. The van der Waals surface area contributed by atoms with E-state index in [1.165, 1.54) is 22.1 Å². The molecule has 2 N–H and O–H groups in total. The minimum Gasteiger partial charge on any atom is -0.497 e. The highest BCUT2D eigenvalue weighted by Crippen LogP contribution is 2.54. The summed E-state index contributed by atoms with van der Waals surface area (Å²) in [4.78, 5) is 14.2. The Kier molecular flexibility index (Phi) is 9.90. The summed E-state index contributed by atoms with van der Waals surface area (Å²) in [6.07, 6.45) is 4.70. The number of benzene rings is 3. The summed E-state index contributed by atoms with van der Waals surface area (Å²) in [5.74, 6) is -2.96. The number of unbranched alkanes of at least 4 members (excludes halogenated alkanes) is 1. The Morgan fingerprint density at radius 1 is 1.12 bits per heavy atom. The van der Waals surface area contributed by atoms with Crippen molar-refractivity contribution in [1.82, 2.24) is 4.31 Å². The van der Waals surface area contributed by atoms with Crippen molar-refractivity contribution in [3.05, 3.63) is 90.4 Å². The first-order valence-electron chi connectivity index (χ1n) is 14.1. The minimum atomic E-state index is -5.72. The molecule has 0 saturated heterocycles. The molecule has 0 radical (unpaired) electrons. The quantitative estimate of drug-likeness (QED) is 0.119. The van der Waals surface area contributed by atoms with E-state index in [4.69, 9.17) is 8.92 Å². The Bertz CT molecular complexity index is 1530. The summed E-state index contributed by atoms with van der Waals surface area (Å²) in [6.45, 7) is 4.29. The number of anilines is 2. The number of halogens is 1. The van der Waals surface area contributed by atoms with E-state index in [0.29, 0.717) is 36.4 Å². The van der Waals surface area contributed by atoms with Crippen LogP contribution < -0.4 is 9.64 Å². The number of ether oxygens (including phenoxy) is 1. The molecular weight excluding hydrogens is 591 g/mol. The van der Waals surface area contributed by atoms with Gasteiger partial charge in [0.15, 0.2) is 0 Å². The maximum atomic E-state index is 15.7. The van der Waals surface area contributed by atoms with Crippen LogP contribution in [-0.4, -0.2) is 49.6 Å². The molecule has 1 heterocycles. The molecular formula is C32H39FN2O6S2. The van der Waals surface area contributed by atoms with Crippen LogP contribution in [0.4, 0.5) is 15.8 Å². The van der Waals surface area contributed by atoms with Crippen molar-refractivity contribution in [2.45, 2.75) is 61.4 Å². The number of hydrogen-bond donors (Lipinski definition) is 2. The Balaban J connectivity index is 2.10. The highest BCUT2D eigenvalue weighted by atomic mass is 32.3. The van der Waals surface area contributed by atoms with Crippen LogP contribution in [0, 0.1) is 0 Å². The molecule has 1 aliphatic rings. The number of rotatable bonds is 12. The van der Waals surface area contributed by atoms with Crippen molar-refractivity contribution >= 4 is 38.9 Å². The Morgan fingerprint density at radius 2 is 1.81 bits per heavy atom. The zero-order valence-electron chi connectivity index (χ0n) is 24.9. The number of thioether (sulfide) groups is 1. The van der Waals surface area contributed by atoms with Crippen molar-refractivity contribution in [2.24, 2.45) is 0 Å². The van der Waals surface area contributed by atoms with Gasteiger partial charge < -0.3 is 18.9 Å². The number of carbonyl (C=O) groups is 1. The summed E-state index contributed by atoms with van der Waals surface area (Å²) in [7, 11) is -4.16. The number of carboxylic acid groups (broad SMARTS) is 1. The molecule has 0 bridgehead atoms. The van der Waals surface area contributed by atoms with E-state index in [9.17, 15) is 18.8 Å². The van der Waals surface area contributed by atoms with Crippen LogP contribution in [-0.2, 0) is 25.3 Å². The van der Waals surface area contributed by atoms with Gasteiger partial charge in [-0.25, -0.2) is 4.79 Å². The summed E-state index contributed by atoms with van der Waals surface area (Å²) in [5, 5.41) is 9.27. The summed E-state index contributed by atoms with van der Waals surface area (Å²) in [5.41, 5.74) is 0.957. The molecule has 1 aliphatic heterocycles. The first-order valence-corrected chi connectivity index (χ1v) is 17.2. The fourth-order valence-corrected chi connectivity index (χ4v) is 8.83. The third-order valence-electron chi connectivity index (χ3n) is 7.94. The van der Waals surface area contributed by atoms with Crippen LogP contribution in [0.1, 0.15) is 45.1 Å². The second-order valence-electron chi connectivity index (χ2n) is 10.5. The number of fused-ring (bicyclic) bond motifs is 1. The molecule has 8 nitrogen and oxygen atoms in total. The lowest BCUT2D eigenvalue weighted by Crippen LogP contribution is -2.63. The van der Waals surface area contributed by atoms with Crippen LogP contribution in [0.2, 0.25) is 0 Å². The van der Waals surface area contributed by atoms with Gasteiger partial charge in [0, 0.05) is 23.7 Å². The van der Waals surface area contributed by atoms with Crippen molar-refractivity contribution in [1.29, 1.82) is 0 Å². The summed E-state index contributed by atoms with van der Waals surface area (Å²) >= 11 is 1.48. The van der Waals surface area contributed by atoms with E-state index in [1.54, 1.807) is 37.4 Å². The largest absolute Gasteiger partial charge is 0.497 e. The lowest BCUT2D eigenvalue weighted by molar-refractivity contribution is -0.134. The molecule has 43 heavy (non-hydrogen) atoms. The average Bonchev–Trinajstić information content (AvgIpc) is 3.10. The standard InChI is InChI=1S/C32H39FN2O6S2/c1-5-7-19-32(6-2)23-34(25-11-9-8-10-12-25)29-20-27(42-4)17-18-30(29)43(38,39,41-22-28(33)31(36)37)35(32)21-24-13-15-26(40-3)16-14-24/h8-18,20,22H,5-7,19,21,23H2,1-4H3,(H,36,37)(H,38,39)/b28-22-. The number of nitrogens with zero attached hydrogens (tertiary/aromatic N) is 2. The van der Waals surface area contributed by atoms with E-state index in [-0.39, 0.29) is 17.7 Å². The zero-order valence-corrected chi connectivity index (χ0v) is 26.5. The number of carboxylic acids is 1. The van der Waals surface area contributed by atoms with E-state index in [0.717, 1.165) is 23.4 Å². The lowest BCUT2D eigenvalue weighted by Gasteiger charge is -2.53. The molecule has 3 aromatic rings. The SMILES string of the molecule is CCCCC1(CC)CN(c2ccccc2)c2cc(SC)ccc2S(=O)(O)(O/C=C(\F)C(=O)O)N1Cc1ccc(OC)cc1. The molecule has 1 unspecified atom stereocenters. The highest BCUT2D eigenvalue weighted by Gasteiger charge is 2.58. The number of para-hydroxylation sites is 1. The third-order valence-corrected chi connectivity index (χ3v) is 11.5. The van der Waals surface area contributed by atoms with Crippen LogP contribution in [0.3, 0.4) is 0 Å². The predicted octanol–water partition coefficient (Wildman–Crippen LogP) is 7.80. The molecule has 0 spiro atoms. The van der Waals surface area contributed by atoms with E-state index in [1.807, 2.05) is 54.5 Å².